The topological polar surface area (TPSA) is 95.7 Å². The highest BCUT2D eigenvalue weighted by Crippen LogP contribution is 2.41. The number of aliphatic carboxylic acids is 1. The number of fused-ring (bicyclic) bond motifs is 1. The lowest BCUT2D eigenvalue weighted by Crippen LogP contribution is -2.32. The Morgan fingerprint density at radius 2 is 2.16 bits per heavy atom. The Morgan fingerprint density at radius 1 is 1.40 bits per heavy atom. The molecule has 2 heterocycles. The number of rotatable bonds is 4. The lowest BCUT2D eigenvalue weighted by Gasteiger charge is -2.24. The van der Waals surface area contributed by atoms with E-state index in [1.54, 1.807) is 33.3 Å². The summed E-state index contributed by atoms with van der Waals surface area (Å²) < 4.78 is 10.7. The van der Waals surface area contributed by atoms with Crippen LogP contribution in [0.15, 0.2) is 18.3 Å². The van der Waals surface area contributed by atoms with Gasteiger partial charge in [-0.3, -0.25) is 9.78 Å². The maximum absolute atomic E-state index is 11.6. The first-order valence-electron chi connectivity index (χ1n) is 7.86. The van der Waals surface area contributed by atoms with Crippen LogP contribution < -0.4 is 14.4 Å². The van der Waals surface area contributed by atoms with E-state index in [0.29, 0.717) is 53.2 Å². The predicted molar refractivity (Wildman–Crippen MR) is 92.1 cm³/mol. The SMILES string of the molecule is COc1cc(OC)c2ncc(C#N)c(N3CCC(C)(C(=O)O)C3)c2c1. The van der Waals surface area contributed by atoms with Gasteiger partial charge in [0, 0.05) is 30.7 Å². The second-order valence-electron chi connectivity index (χ2n) is 6.40. The summed E-state index contributed by atoms with van der Waals surface area (Å²) in [5.41, 5.74) is 0.846. The molecule has 130 valence electrons. The van der Waals surface area contributed by atoms with Crippen LogP contribution in [0.5, 0.6) is 11.5 Å². The summed E-state index contributed by atoms with van der Waals surface area (Å²) in [6, 6.07) is 5.70. The summed E-state index contributed by atoms with van der Waals surface area (Å²) in [5.74, 6) is 0.296. The summed E-state index contributed by atoms with van der Waals surface area (Å²) in [4.78, 5) is 17.9. The molecule has 0 radical (unpaired) electrons. The highest BCUT2D eigenvalue weighted by Gasteiger charge is 2.41. The van der Waals surface area contributed by atoms with Gasteiger partial charge in [-0.15, -0.1) is 0 Å². The molecular formula is C18H19N3O4. The first-order chi connectivity index (χ1) is 11.9. The van der Waals surface area contributed by atoms with E-state index in [0.717, 1.165) is 0 Å². The van der Waals surface area contributed by atoms with Gasteiger partial charge >= 0.3 is 5.97 Å². The van der Waals surface area contributed by atoms with Crippen LogP contribution in [-0.2, 0) is 4.79 Å². The molecule has 3 rings (SSSR count). The Kier molecular flexibility index (Phi) is 4.13. The third-order valence-corrected chi connectivity index (χ3v) is 4.76. The van der Waals surface area contributed by atoms with Crippen molar-refractivity contribution in [2.75, 3.05) is 32.2 Å². The lowest BCUT2D eigenvalue weighted by atomic mass is 9.90. The Hall–Kier alpha value is -3.01. The monoisotopic (exact) mass is 341 g/mol. The van der Waals surface area contributed by atoms with Crippen molar-refractivity contribution in [1.82, 2.24) is 4.98 Å². The van der Waals surface area contributed by atoms with E-state index in [2.05, 4.69) is 11.1 Å². The number of carbonyl (C=O) groups is 1. The van der Waals surface area contributed by atoms with Crippen molar-refractivity contribution in [3.05, 3.63) is 23.9 Å². The number of hydrogen-bond acceptors (Lipinski definition) is 6. The molecule has 2 aromatic rings. The molecule has 1 N–H and O–H groups in total. The Labute approximate surface area is 145 Å². The third-order valence-electron chi connectivity index (χ3n) is 4.76. The molecule has 0 bridgehead atoms. The standard InChI is InChI=1S/C18H19N3O4/c1-18(17(22)23)4-5-21(10-18)16-11(8-19)9-20-15-13(16)6-12(24-2)7-14(15)25-3/h6-7,9H,4-5,10H2,1-3H3,(H,22,23). The van der Waals surface area contributed by atoms with Crippen LogP contribution in [0.1, 0.15) is 18.9 Å². The molecule has 0 amide bonds. The maximum atomic E-state index is 11.6. The molecule has 1 atom stereocenters. The molecular weight excluding hydrogens is 322 g/mol. The first-order valence-corrected chi connectivity index (χ1v) is 7.86. The lowest BCUT2D eigenvalue weighted by molar-refractivity contribution is -0.146. The largest absolute Gasteiger partial charge is 0.497 e. The molecule has 1 aliphatic rings. The predicted octanol–water partition coefficient (Wildman–Crippen LogP) is 2.42. The third kappa shape index (κ3) is 2.70. The molecule has 7 heteroatoms. The summed E-state index contributed by atoms with van der Waals surface area (Å²) in [7, 11) is 3.10. The highest BCUT2D eigenvalue weighted by molar-refractivity contribution is 5.99. The Bertz CT molecular complexity index is 890. The van der Waals surface area contributed by atoms with E-state index < -0.39 is 11.4 Å². The van der Waals surface area contributed by atoms with Crippen LogP contribution in [0.25, 0.3) is 10.9 Å². The number of aromatic nitrogens is 1. The molecule has 7 nitrogen and oxygen atoms in total. The molecule has 1 fully saturated rings. The van der Waals surface area contributed by atoms with Gasteiger partial charge in [0.15, 0.2) is 0 Å². The number of methoxy groups -OCH3 is 2. The van der Waals surface area contributed by atoms with E-state index in [1.807, 2.05) is 4.90 Å². The van der Waals surface area contributed by atoms with E-state index in [1.165, 1.54) is 6.20 Å². The number of nitriles is 1. The van der Waals surface area contributed by atoms with Gasteiger partial charge in [-0.25, -0.2) is 0 Å². The minimum atomic E-state index is -0.842. The maximum Gasteiger partial charge on any atom is 0.311 e. The number of carboxylic acids is 1. The van der Waals surface area contributed by atoms with Gasteiger partial charge in [0.25, 0.3) is 0 Å². The second-order valence-corrected chi connectivity index (χ2v) is 6.40. The van der Waals surface area contributed by atoms with Gasteiger partial charge in [0.1, 0.15) is 23.1 Å². The fourth-order valence-corrected chi connectivity index (χ4v) is 3.25. The smallest absolute Gasteiger partial charge is 0.311 e. The van der Waals surface area contributed by atoms with Crippen LogP contribution in [-0.4, -0.2) is 43.4 Å². The molecule has 1 aromatic carbocycles. The molecule has 1 saturated heterocycles. The van der Waals surface area contributed by atoms with Crippen LogP contribution in [0.3, 0.4) is 0 Å². The van der Waals surface area contributed by atoms with Crippen molar-refractivity contribution in [1.29, 1.82) is 5.26 Å². The summed E-state index contributed by atoms with van der Waals surface area (Å²) in [5, 5.41) is 19.7. The molecule has 1 aliphatic heterocycles. The van der Waals surface area contributed by atoms with Crippen molar-refractivity contribution < 1.29 is 19.4 Å². The second kappa shape index (κ2) is 6.13. The number of anilines is 1. The number of carboxylic acid groups (broad SMARTS) is 1. The molecule has 0 saturated carbocycles. The van der Waals surface area contributed by atoms with Gasteiger partial charge in [-0.1, -0.05) is 0 Å². The van der Waals surface area contributed by atoms with Crippen LogP contribution in [0.2, 0.25) is 0 Å². The zero-order valence-corrected chi connectivity index (χ0v) is 14.4. The summed E-state index contributed by atoms with van der Waals surface area (Å²) in [6.07, 6.45) is 2.02. The Morgan fingerprint density at radius 3 is 2.72 bits per heavy atom. The molecule has 1 aromatic heterocycles. The van der Waals surface area contributed by atoms with Gasteiger partial charge < -0.3 is 19.5 Å². The number of pyridine rings is 1. The number of hydrogen-bond donors (Lipinski definition) is 1. The zero-order chi connectivity index (χ0) is 18.2. The van der Waals surface area contributed by atoms with E-state index >= 15 is 0 Å². The van der Waals surface area contributed by atoms with E-state index in [-0.39, 0.29) is 0 Å². The van der Waals surface area contributed by atoms with Crippen molar-refractivity contribution in [2.45, 2.75) is 13.3 Å². The minimum absolute atomic E-state index is 0.329. The summed E-state index contributed by atoms with van der Waals surface area (Å²) in [6.45, 7) is 2.61. The van der Waals surface area contributed by atoms with Crippen molar-refractivity contribution in [3.63, 3.8) is 0 Å². The van der Waals surface area contributed by atoms with E-state index in [9.17, 15) is 15.2 Å². The molecule has 0 spiro atoms. The molecule has 1 unspecified atom stereocenters. The quantitative estimate of drug-likeness (QED) is 0.912. The molecule has 25 heavy (non-hydrogen) atoms. The first kappa shape index (κ1) is 16.8. The number of benzene rings is 1. The number of nitrogens with zero attached hydrogens (tertiary/aromatic N) is 3. The van der Waals surface area contributed by atoms with Crippen LogP contribution >= 0.6 is 0 Å². The van der Waals surface area contributed by atoms with Gasteiger partial charge in [0.2, 0.25) is 0 Å². The average Bonchev–Trinajstić information content (AvgIpc) is 3.02. The summed E-state index contributed by atoms with van der Waals surface area (Å²) >= 11 is 0. The van der Waals surface area contributed by atoms with E-state index in [4.69, 9.17) is 9.47 Å². The normalized spacial score (nSPS) is 19.7. The van der Waals surface area contributed by atoms with Crippen LogP contribution in [0.4, 0.5) is 5.69 Å². The Balaban J connectivity index is 2.23. The van der Waals surface area contributed by atoms with Gasteiger partial charge in [-0.2, -0.15) is 5.26 Å². The van der Waals surface area contributed by atoms with Crippen molar-refractivity contribution in [2.24, 2.45) is 5.41 Å². The number of ether oxygens (including phenoxy) is 2. The zero-order valence-electron chi connectivity index (χ0n) is 14.4. The van der Waals surface area contributed by atoms with Crippen LogP contribution in [0, 0.1) is 16.7 Å². The van der Waals surface area contributed by atoms with Crippen molar-refractivity contribution >= 4 is 22.6 Å². The average molecular weight is 341 g/mol. The van der Waals surface area contributed by atoms with Crippen molar-refractivity contribution in [3.8, 4) is 17.6 Å². The minimum Gasteiger partial charge on any atom is -0.497 e. The van der Waals surface area contributed by atoms with Gasteiger partial charge in [0.05, 0.1) is 30.9 Å². The fraction of sp³-hybridized carbons (Fsp3) is 0.389. The molecule has 0 aliphatic carbocycles. The van der Waals surface area contributed by atoms with Gasteiger partial charge in [-0.05, 0) is 19.4 Å². The fourth-order valence-electron chi connectivity index (χ4n) is 3.25. The highest BCUT2D eigenvalue weighted by atomic mass is 16.5.